The molecule has 18 heavy (non-hydrogen) atoms. The summed E-state index contributed by atoms with van der Waals surface area (Å²) in [5, 5.41) is 6.80. The molecule has 3 heteroatoms. The van der Waals surface area contributed by atoms with Crippen LogP contribution < -0.4 is 5.32 Å². The van der Waals surface area contributed by atoms with Gasteiger partial charge in [-0.3, -0.25) is 0 Å². The minimum atomic E-state index is 0.394. The fourth-order valence-electron chi connectivity index (χ4n) is 2.19. The summed E-state index contributed by atoms with van der Waals surface area (Å²) in [5.41, 5.74) is 4.08. The van der Waals surface area contributed by atoms with E-state index in [-0.39, 0.29) is 0 Å². The summed E-state index contributed by atoms with van der Waals surface area (Å²) >= 11 is 1.72. The van der Waals surface area contributed by atoms with Crippen LogP contribution in [0.2, 0.25) is 0 Å². The summed E-state index contributed by atoms with van der Waals surface area (Å²) in [7, 11) is 0. The van der Waals surface area contributed by atoms with E-state index < -0.39 is 0 Å². The second-order valence-corrected chi connectivity index (χ2v) is 5.69. The van der Waals surface area contributed by atoms with Gasteiger partial charge < -0.3 is 5.32 Å². The van der Waals surface area contributed by atoms with Gasteiger partial charge in [-0.2, -0.15) is 0 Å². The third kappa shape index (κ3) is 3.40. The van der Waals surface area contributed by atoms with Crippen LogP contribution in [0.5, 0.6) is 0 Å². The Morgan fingerprint density at radius 1 is 1.33 bits per heavy atom. The Labute approximate surface area is 113 Å². The summed E-state index contributed by atoms with van der Waals surface area (Å²) in [6.07, 6.45) is 2.88. The Morgan fingerprint density at radius 2 is 2.17 bits per heavy atom. The van der Waals surface area contributed by atoms with E-state index in [1.807, 2.05) is 11.6 Å². The highest BCUT2D eigenvalue weighted by Crippen LogP contribution is 2.18. The van der Waals surface area contributed by atoms with Crippen molar-refractivity contribution in [2.45, 2.75) is 33.2 Å². The van der Waals surface area contributed by atoms with Crippen molar-refractivity contribution in [3.63, 3.8) is 0 Å². The predicted molar refractivity (Wildman–Crippen MR) is 78.2 cm³/mol. The van der Waals surface area contributed by atoms with Gasteiger partial charge in [0.2, 0.25) is 0 Å². The van der Waals surface area contributed by atoms with E-state index >= 15 is 0 Å². The summed E-state index contributed by atoms with van der Waals surface area (Å²) in [5.74, 6) is 0. The molecule has 0 saturated carbocycles. The molecule has 0 aliphatic heterocycles. The lowest BCUT2D eigenvalue weighted by molar-refractivity contribution is 0.574. The molecule has 0 aliphatic rings. The lowest BCUT2D eigenvalue weighted by Crippen LogP contribution is -2.22. The molecule has 0 saturated heterocycles. The fraction of sp³-hybridized carbons (Fsp3) is 0.400. The molecule has 2 rings (SSSR count). The Balaban J connectivity index is 1.89. The lowest BCUT2D eigenvalue weighted by Gasteiger charge is -2.16. The second-order valence-electron chi connectivity index (χ2n) is 4.71. The van der Waals surface area contributed by atoms with E-state index in [9.17, 15) is 0 Å². The van der Waals surface area contributed by atoms with Crippen molar-refractivity contribution in [3.8, 4) is 0 Å². The minimum absolute atomic E-state index is 0.394. The fourth-order valence-corrected chi connectivity index (χ4v) is 2.81. The van der Waals surface area contributed by atoms with Crippen molar-refractivity contribution < 1.29 is 0 Å². The molecular weight excluding hydrogens is 240 g/mol. The summed E-state index contributed by atoms with van der Waals surface area (Å²) in [6, 6.07) is 7.05. The first-order valence-corrected chi connectivity index (χ1v) is 7.23. The van der Waals surface area contributed by atoms with Gasteiger partial charge in [0.05, 0.1) is 5.01 Å². The average Bonchev–Trinajstić information content (AvgIpc) is 2.81. The van der Waals surface area contributed by atoms with Crippen LogP contribution in [0, 0.1) is 13.8 Å². The van der Waals surface area contributed by atoms with Crippen LogP contribution in [-0.4, -0.2) is 11.5 Å². The predicted octanol–water partition coefficient (Wildman–Crippen LogP) is 3.65. The number of aryl methyl sites for hydroxylation is 2. The van der Waals surface area contributed by atoms with Crippen LogP contribution in [0.25, 0.3) is 0 Å². The molecule has 1 unspecified atom stereocenters. The number of nitrogens with zero attached hydrogens (tertiary/aromatic N) is 1. The molecule has 1 atom stereocenters. The highest BCUT2D eigenvalue weighted by molar-refractivity contribution is 7.09. The van der Waals surface area contributed by atoms with Crippen LogP contribution in [0.1, 0.15) is 34.7 Å². The van der Waals surface area contributed by atoms with Gasteiger partial charge in [0.15, 0.2) is 0 Å². The number of thiazole rings is 1. The first kappa shape index (κ1) is 13.2. The Kier molecular flexibility index (Phi) is 4.50. The van der Waals surface area contributed by atoms with E-state index in [0.29, 0.717) is 6.04 Å². The van der Waals surface area contributed by atoms with Crippen molar-refractivity contribution in [1.82, 2.24) is 10.3 Å². The molecule has 96 valence electrons. The Bertz CT molecular complexity index is 491. The number of hydrogen-bond acceptors (Lipinski definition) is 3. The average molecular weight is 260 g/mol. The van der Waals surface area contributed by atoms with Gasteiger partial charge in [-0.15, -0.1) is 11.3 Å². The van der Waals surface area contributed by atoms with Gasteiger partial charge in [0, 0.05) is 30.6 Å². The van der Waals surface area contributed by atoms with Crippen molar-refractivity contribution >= 4 is 11.3 Å². The number of aromatic nitrogens is 1. The lowest BCUT2D eigenvalue weighted by atomic mass is 10.0. The number of benzene rings is 1. The third-order valence-corrected chi connectivity index (χ3v) is 4.00. The van der Waals surface area contributed by atoms with Crippen LogP contribution in [0.3, 0.4) is 0 Å². The smallest absolute Gasteiger partial charge is 0.0937 e. The van der Waals surface area contributed by atoms with E-state index in [1.165, 1.54) is 21.7 Å². The van der Waals surface area contributed by atoms with Crippen LogP contribution in [0.4, 0.5) is 0 Å². The first-order chi connectivity index (χ1) is 8.66. The maximum atomic E-state index is 4.29. The molecule has 0 amide bonds. The van der Waals surface area contributed by atoms with E-state index in [0.717, 1.165) is 13.0 Å². The molecule has 0 fully saturated rings. The third-order valence-electron chi connectivity index (χ3n) is 3.16. The minimum Gasteiger partial charge on any atom is -0.310 e. The van der Waals surface area contributed by atoms with Crippen molar-refractivity contribution in [3.05, 3.63) is 51.5 Å². The van der Waals surface area contributed by atoms with Crippen molar-refractivity contribution in [2.75, 3.05) is 6.54 Å². The zero-order valence-corrected chi connectivity index (χ0v) is 12.1. The van der Waals surface area contributed by atoms with Crippen LogP contribution in [0.15, 0.2) is 29.8 Å². The summed E-state index contributed by atoms with van der Waals surface area (Å²) in [6.45, 7) is 7.51. The van der Waals surface area contributed by atoms with Gasteiger partial charge in [-0.1, -0.05) is 23.8 Å². The number of nitrogens with one attached hydrogen (secondary N) is 1. The molecule has 0 aliphatic carbocycles. The molecule has 1 aromatic heterocycles. The monoisotopic (exact) mass is 260 g/mol. The topological polar surface area (TPSA) is 24.9 Å². The highest BCUT2D eigenvalue weighted by atomic mass is 32.1. The Hall–Kier alpha value is -1.19. The molecule has 2 aromatic rings. The van der Waals surface area contributed by atoms with Gasteiger partial charge in [0.1, 0.15) is 0 Å². The van der Waals surface area contributed by atoms with E-state index in [2.05, 4.69) is 49.3 Å². The molecule has 0 spiro atoms. The molecule has 0 bridgehead atoms. The van der Waals surface area contributed by atoms with Gasteiger partial charge in [-0.05, 0) is 31.9 Å². The van der Waals surface area contributed by atoms with Crippen LogP contribution >= 0.6 is 11.3 Å². The van der Waals surface area contributed by atoms with Crippen molar-refractivity contribution in [1.29, 1.82) is 0 Å². The maximum Gasteiger partial charge on any atom is 0.0937 e. The largest absolute Gasteiger partial charge is 0.310 e. The van der Waals surface area contributed by atoms with E-state index in [4.69, 9.17) is 0 Å². The maximum absolute atomic E-state index is 4.29. The molecule has 0 radical (unpaired) electrons. The van der Waals surface area contributed by atoms with Gasteiger partial charge >= 0.3 is 0 Å². The molecule has 2 nitrogen and oxygen atoms in total. The summed E-state index contributed by atoms with van der Waals surface area (Å²) in [4.78, 5) is 4.29. The first-order valence-electron chi connectivity index (χ1n) is 6.35. The van der Waals surface area contributed by atoms with Crippen molar-refractivity contribution in [2.24, 2.45) is 0 Å². The second kappa shape index (κ2) is 6.12. The zero-order valence-electron chi connectivity index (χ0n) is 11.2. The highest BCUT2D eigenvalue weighted by Gasteiger charge is 2.07. The zero-order chi connectivity index (χ0) is 13.0. The molecular formula is C15H20N2S. The van der Waals surface area contributed by atoms with Gasteiger partial charge in [-0.25, -0.2) is 4.98 Å². The normalized spacial score (nSPS) is 12.6. The van der Waals surface area contributed by atoms with E-state index in [1.54, 1.807) is 11.3 Å². The SMILES string of the molecule is Cc1ccc(C(C)NCCc2nccs2)c(C)c1. The quantitative estimate of drug-likeness (QED) is 0.887. The number of hydrogen-bond donors (Lipinski definition) is 1. The number of rotatable bonds is 5. The van der Waals surface area contributed by atoms with Crippen LogP contribution in [-0.2, 0) is 6.42 Å². The standard InChI is InChI=1S/C15H20N2S/c1-11-4-5-14(12(2)10-11)13(3)16-7-6-15-17-8-9-18-15/h4-5,8-10,13,16H,6-7H2,1-3H3. The molecule has 1 heterocycles. The van der Waals surface area contributed by atoms with Gasteiger partial charge in [0.25, 0.3) is 0 Å². The molecule has 1 aromatic carbocycles. The molecule has 1 N–H and O–H groups in total. The summed E-state index contributed by atoms with van der Waals surface area (Å²) < 4.78 is 0. The Morgan fingerprint density at radius 3 is 2.83 bits per heavy atom.